The largest absolute Gasteiger partial charge is 0.497 e. The monoisotopic (exact) mass is 408 g/mol. The van der Waals surface area contributed by atoms with Crippen LogP contribution >= 0.6 is 0 Å². The molecule has 0 spiro atoms. The number of ether oxygens (including phenoxy) is 1. The predicted molar refractivity (Wildman–Crippen MR) is 112 cm³/mol. The number of nitrogens with zero attached hydrogens (tertiary/aromatic N) is 1. The van der Waals surface area contributed by atoms with E-state index in [0.717, 1.165) is 5.56 Å². The smallest absolute Gasteiger partial charge is 0.267 e. The molecule has 0 saturated heterocycles. The van der Waals surface area contributed by atoms with Gasteiger partial charge in [0.15, 0.2) is 0 Å². The molecule has 0 fully saturated rings. The Hall–Kier alpha value is -3.45. The van der Waals surface area contributed by atoms with E-state index < -0.39 is 11.5 Å². The van der Waals surface area contributed by atoms with Gasteiger partial charge in [0.1, 0.15) is 5.75 Å². The molecule has 0 aliphatic carbocycles. The summed E-state index contributed by atoms with van der Waals surface area (Å²) in [4.78, 5) is 43.7. The number of benzene rings is 2. The molecule has 0 aromatic heterocycles. The summed E-state index contributed by atoms with van der Waals surface area (Å²) in [6.45, 7) is 5.63. The van der Waals surface area contributed by atoms with Gasteiger partial charge in [-0.05, 0) is 62.2 Å². The summed E-state index contributed by atoms with van der Waals surface area (Å²) in [5.41, 5.74) is 3.96. The lowest BCUT2D eigenvalue weighted by atomic mass is 10.1. The van der Waals surface area contributed by atoms with Crippen molar-refractivity contribution in [1.29, 1.82) is 0 Å². The third kappa shape index (κ3) is 4.93. The van der Waals surface area contributed by atoms with Crippen LogP contribution in [-0.4, -0.2) is 35.3 Å². The Morgan fingerprint density at radius 1 is 1.03 bits per heavy atom. The zero-order valence-electron chi connectivity index (χ0n) is 17.4. The van der Waals surface area contributed by atoms with Crippen LogP contribution in [0.2, 0.25) is 0 Å². The van der Waals surface area contributed by atoms with Crippen molar-refractivity contribution >= 4 is 23.8 Å². The van der Waals surface area contributed by atoms with E-state index in [1.807, 2.05) is 32.9 Å². The second kappa shape index (κ2) is 8.51. The van der Waals surface area contributed by atoms with Crippen LogP contribution in [0.15, 0.2) is 48.5 Å². The van der Waals surface area contributed by atoms with Crippen molar-refractivity contribution < 1.29 is 24.0 Å². The standard InChI is InChI=1S/C23H24N2O5/c1-23(2,3)30-24-20(26)12-8-15-7-11-18-19(13-15)22(28)25(21(18)27)14-16-5-9-17(29-4)10-6-16/h5-13H,14H2,1-4H3,(H,24,26)/b12-8+. The number of methoxy groups -OCH3 is 1. The number of carbonyl (C=O) groups excluding carboxylic acids is 3. The molecule has 7 nitrogen and oxygen atoms in total. The fourth-order valence-electron chi connectivity index (χ4n) is 2.88. The number of fused-ring (bicyclic) bond motifs is 1. The summed E-state index contributed by atoms with van der Waals surface area (Å²) < 4.78 is 5.13. The number of amides is 3. The first-order chi connectivity index (χ1) is 14.2. The number of carbonyl (C=O) groups is 3. The minimum Gasteiger partial charge on any atom is -0.497 e. The second-order valence-corrected chi connectivity index (χ2v) is 7.86. The Labute approximate surface area is 175 Å². The van der Waals surface area contributed by atoms with Crippen molar-refractivity contribution in [3.8, 4) is 5.75 Å². The van der Waals surface area contributed by atoms with Crippen molar-refractivity contribution in [1.82, 2.24) is 10.4 Å². The third-order valence-electron chi connectivity index (χ3n) is 4.38. The maximum absolute atomic E-state index is 12.8. The molecule has 1 aliphatic rings. The Balaban J connectivity index is 1.71. The minimum atomic E-state index is -0.503. The van der Waals surface area contributed by atoms with Crippen LogP contribution in [-0.2, 0) is 16.2 Å². The van der Waals surface area contributed by atoms with Gasteiger partial charge in [0.05, 0.1) is 30.4 Å². The zero-order valence-corrected chi connectivity index (χ0v) is 17.4. The topological polar surface area (TPSA) is 84.9 Å². The van der Waals surface area contributed by atoms with Gasteiger partial charge in [-0.2, -0.15) is 0 Å². The molecule has 3 amide bonds. The Bertz CT molecular complexity index is 1000. The van der Waals surface area contributed by atoms with Crippen LogP contribution < -0.4 is 10.2 Å². The maximum atomic E-state index is 12.8. The Morgan fingerprint density at radius 3 is 2.33 bits per heavy atom. The molecule has 156 valence electrons. The molecule has 0 saturated carbocycles. The van der Waals surface area contributed by atoms with E-state index in [1.54, 1.807) is 43.5 Å². The number of hydroxylamine groups is 1. The summed E-state index contributed by atoms with van der Waals surface area (Å²) in [5.74, 6) is -0.414. The molecule has 1 N–H and O–H groups in total. The molecule has 2 aromatic carbocycles. The number of imide groups is 1. The highest BCUT2D eigenvalue weighted by molar-refractivity contribution is 6.21. The lowest BCUT2D eigenvalue weighted by Gasteiger charge is -2.17. The van der Waals surface area contributed by atoms with Crippen molar-refractivity contribution in [3.63, 3.8) is 0 Å². The van der Waals surface area contributed by atoms with Gasteiger partial charge in [-0.15, -0.1) is 0 Å². The number of hydrogen-bond acceptors (Lipinski definition) is 5. The third-order valence-corrected chi connectivity index (χ3v) is 4.38. The van der Waals surface area contributed by atoms with Crippen molar-refractivity contribution in [2.24, 2.45) is 0 Å². The number of rotatable bonds is 6. The molecule has 3 rings (SSSR count). The molecule has 0 unspecified atom stereocenters. The summed E-state index contributed by atoms with van der Waals surface area (Å²) in [6.07, 6.45) is 2.87. The van der Waals surface area contributed by atoms with Crippen molar-refractivity contribution in [2.45, 2.75) is 32.9 Å². The number of nitrogens with one attached hydrogen (secondary N) is 1. The lowest BCUT2D eigenvalue weighted by molar-refractivity contribution is -0.140. The van der Waals surface area contributed by atoms with E-state index in [4.69, 9.17) is 9.57 Å². The highest BCUT2D eigenvalue weighted by Crippen LogP contribution is 2.26. The van der Waals surface area contributed by atoms with Gasteiger partial charge in [-0.1, -0.05) is 18.2 Å². The summed E-state index contributed by atoms with van der Waals surface area (Å²) in [6, 6.07) is 12.1. The maximum Gasteiger partial charge on any atom is 0.267 e. The SMILES string of the molecule is COc1ccc(CN2C(=O)c3ccc(/C=C/C(=O)NOC(C)(C)C)cc3C2=O)cc1. The Morgan fingerprint density at radius 2 is 1.70 bits per heavy atom. The van der Waals surface area contributed by atoms with E-state index in [9.17, 15) is 14.4 Å². The molecule has 0 atom stereocenters. The van der Waals surface area contributed by atoms with Crippen molar-refractivity contribution in [3.05, 3.63) is 70.8 Å². The first-order valence-electron chi connectivity index (χ1n) is 9.47. The second-order valence-electron chi connectivity index (χ2n) is 7.86. The summed E-state index contributed by atoms with van der Waals surface area (Å²) in [7, 11) is 1.58. The van der Waals surface area contributed by atoms with Gasteiger partial charge in [0.2, 0.25) is 0 Å². The van der Waals surface area contributed by atoms with Crippen LogP contribution in [0.5, 0.6) is 5.75 Å². The first kappa shape index (κ1) is 21.3. The van der Waals surface area contributed by atoms with Crippen LogP contribution in [0.3, 0.4) is 0 Å². The quantitative estimate of drug-likeness (QED) is 0.450. The highest BCUT2D eigenvalue weighted by atomic mass is 16.7. The van der Waals surface area contributed by atoms with Gasteiger partial charge in [-0.25, -0.2) is 5.48 Å². The molecule has 1 heterocycles. The van der Waals surface area contributed by atoms with Crippen molar-refractivity contribution in [2.75, 3.05) is 7.11 Å². The van der Waals surface area contributed by atoms with Crippen LogP contribution in [0.4, 0.5) is 0 Å². The normalized spacial score (nSPS) is 13.7. The van der Waals surface area contributed by atoms with Gasteiger partial charge in [0, 0.05) is 6.08 Å². The molecular weight excluding hydrogens is 384 g/mol. The highest BCUT2D eigenvalue weighted by Gasteiger charge is 2.35. The molecule has 30 heavy (non-hydrogen) atoms. The molecule has 0 radical (unpaired) electrons. The van der Waals surface area contributed by atoms with Crippen LogP contribution in [0, 0.1) is 0 Å². The number of hydrogen-bond donors (Lipinski definition) is 1. The van der Waals surface area contributed by atoms with E-state index in [-0.39, 0.29) is 18.4 Å². The molecule has 0 bridgehead atoms. The van der Waals surface area contributed by atoms with Gasteiger partial charge in [0.25, 0.3) is 17.7 Å². The van der Waals surface area contributed by atoms with E-state index in [2.05, 4.69) is 5.48 Å². The summed E-state index contributed by atoms with van der Waals surface area (Å²) >= 11 is 0. The first-order valence-corrected chi connectivity index (χ1v) is 9.47. The van der Waals surface area contributed by atoms with Gasteiger partial charge >= 0.3 is 0 Å². The lowest BCUT2D eigenvalue weighted by Crippen LogP contribution is -2.32. The molecule has 7 heteroatoms. The fraction of sp³-hybridized carbons (Fsp3) is 0.261. The van der Waals surface area contributed by atoms with E-state index in [0.29, 0.717) is 22.4 Å². The average Bonchev–Trinajstić information content (AvgIpc) is 2.95. The molecule has 2 aromatic rings. The minimum absolute atomic E-state index is 0.175. The van der Waals surface area contributed by atoms with Crippen LogP contribution in [0.1, 0.15) is 52.6 Å². The van der Waals surface area contributed by atoms with Gasteiger partial charge in [-0.3, -0.25) is 24.1 Å². The molecular formula is C23H24N2O5. The average molecular weight is 408 g/mol. The molecule has 1 aliphatic heterocycles. The van der Waals surface area contributed by atoms with E-state index >= 15 is 0 Å². The zero-order chi connectivity index (χ0) is 21.9. The Kier molecular flexibility index (Phi) is 6.03. The fourth-order valence-corrected chi connectivity index (χ4v) is 2.88. The predicted octanol–water partition coefficient (Wildman–Crippen LogP) is 3.35. The van der Waals surface area contributed by atoms with Gasteiger partial charge < -0.3 is 4.74 Å². The summed E-state index contributed by atoms with van der Waals surface area (Å²) in [5, 5.41) is 0. The van der Waals surface area contributed by atoms with Crippen LogP contribution in [0.25, 0.3) is 6.08 Å². The van der Waals surface area contributed by atoms with E-state index in [1.165, 1.54) is 11.0 Å².